The minimum absolute atomic E-state index is 0.263. The number of pyridine rings is 1. The Morgan fingerprint density at radius 2 is 1.53 bits per heavy atom. The molecule has 0 spiro atoms. The summed E-state index contributed by atoms with van der Waals surface area (Å²) in [6.07, 6.45) is 24.5. The van der Waals surface area contributed by atoms with Crippen molar-refractivity contribution in [1.82, 2.24) is 30.1 Å². The summed E-state index contributed by atoms with van der Waals surface area (Å²) >= 11 is 0. The van der Waals surface area contributed by atoms with Crippen molar-refractivity contribution in [2.75, 3.05) is 0 Å². The fourth-order valence-corrected chi connectivity index (χ4v) is 5.62. The first-order valence-electron chi connectivity index (χ1n) is 11.2. The highest BCUT2D eigenvalue weighted by Crippen LogP contribution is 2.39. The van der Waals surface area contributed by atoms with Crippen molar-refractivity contribution >= 4 is 34.8 Å². The van der Waals surface area contributed by atoms with Gasteiger partial charge in [0.1, 0.15) is 0 Å². The highest BCUT2D eigenvalue weighted by Gasteiger charge is 2.28. The smallest absolute Gasteiger partial charge is 0.0580 e. The van der Waals surface area contributed by atoms with Gasteiger partial charge in [-0.2, -0.15) is 0 Å². The highest BCUT2D eigenvalue weighted by molar-refractivity contribution is 5.91. The molecule has 3 aliphatic heterocycles. The Morgan fingerprint density at radius 3 is 2.28 bits per heavy atom. The van der Waals surface area contributed by atoms with Crippen LogP contribution in [0.3, 0.4) is 0 Å². The summed E-state index contributed by atoms with van der Waals surface area (Å²) in [4.78, 5) is 4.40. The molecule has 32 heavy (non-hydrogen) atoms. The molecule has 7 rings (SSSR count). The molecule has 0 amide bonds. The van der Waals surface area contributed by atoms with Crippen molar-refractivity contribution in [3.05, 3.63) is 89.1 Å². The highest BCUT2D eigenvalue weighted by atomic mass is 15.1. The van der Waals surface area contributed by atoms with E-state index >= 15 is 0 Å². The normalized spacial score (nSPS) is 20.1. The van der Waals surface area contributed by atoms with Crippen LogP contribution in [0.5, 0.6) is 0 Å². The molecule has 3 aromatic heterocycles. The summed E-state index contributed by atoms with van der Waals surface area (Å²) in [5, 5.41) is 11.4. The van der Waals surface area contributed by atoms with Crippen molar-refractivity contribution < 1.29 is 0 Å². The molecule has 3 N–H and O–H groups in total. The monoisotopic (exact) mass is 420 g/mol. The second-order valence-electron chi connectivity index (χ2n) is 8.65. The molecular formula is C26H24N6. The van der Waals surface area contributed by atoms with E-state index in [9.17, 15) is 0 Å². The molecule has 6 heteroatoms. The predicted octanol–water partition coefficient (Wildman–Crippen LogP) is 4.10. The lowest BCUT2D eigenvalue weighted by molar-refractivity contribution is 0.593. The van der Waals surface area contributed by atoms with Crippen molar-refractivity contribution in [3.8, 4) is 0 Å². The summed E-state index contributed by atoms with van der Waals surface area (Å²) < 4.78 is 4.96. The van der Waals surface area contributed by atoms with E-state index in [4.69, 9.17) is 0 Å². The van der Waals surface area contributed by atoms with E-state index in [1.807, 2.05) is 12.4 Å². The Labute approximate surface area is 186 Å². The zero-order valence-corrected chi connectivity index (χ0v) is 17.7. The molecular weight excluding hydrogens is 396 g/mol. The average molecular weight is 421 g/mol. The van der Waals surface area contributed by atoms with Gasteiger partial charge in [-0.3, -0.25) is 4.98 Å². The van der Waals surface area contributed by atoms with E-state index in [2.05, 4.69) is 91.2 Å². The standard InChI is InChI=1S/C26H24N6/c1-2-17(31-23-4-8-27-13-19(23)20-14-28-9-5-24(20)31)12-18(3-1)32-25-6-10-29-15-21(25)22-16-30-11-7-26(22)32/h1-11,13,18,28-30H,12,14-16H2. The quantitative estimate of drug-likeness (QED) is 0.584. The Balaban J connectivity index is 1.36. The van der Waals surface area contributed by atoms with Crippen molar-refractivity contribution in [2.45, 2.75) is 32.1 Å². The van der Waals surface area contributed by atoms with Crippen LogP contribution < -0.4 is 16.0 Å². The third-order valence-electron chi connectivity index (χ3n) is 6.99. The molecule has 1 unspecified atom stereocenters. The van der Waals surface area contributed by atoms with Crippen LogP contribution in [0, 0.1) is 0 Å². The lowest BCUT2D eigenvalue weighted by Gasteiger charge is -2.26. The fraction of sp³-hybridized carbons (Fsp3) is 0.192. The van der Waals surface area contributed by atoms with E-state index in [0.29, 0.717) is 0 Å². The number of hydrogen-bond donors (Lipinski definition) is 3. The van der Waals surface area contributed by atoms with E-state index in [0.717, 1.165) is 26.1 Å². The third-order valence-corrected chi connectivity index (χ3v) is 6.99. The zero-order chi connectivity index (χ0) is 21.1. The first-order valence-corrected chi connectivity index (χ1v) is 11.2. The SMILES string of the molecule is C1=CC(n2c3c(c4c2C=CNC4)CNC=C3)CC(n2c3c(c4cnccc42)CNC=C3)=C1. The first kappa shape index (κ1) is 17.7. The van der Waals surface area contributed by atoms with Gasteiger partial charge in [0.05, 0.1) is 17.3 Å². The fourth-order valence-electron chi connectivity index (χ4n) is 5.62. The Hall–Kier alpha value is -3.93. The topological polar surface area (TPSA) is 58.8 Å². The van der Waals surface area contributed by atoms with Gasteiger partial charge in [0.25, 0.3) is 0 Å². The van der Waals surface area contributed by atoms with Crippen LogP contribution in [-0.4, -0.2) is 14.1 Å². The van der Waals surface area contributed by atoms with E-state index in [1.165, 1.54) is 50.4 Å². The van der Waals surface area contributed by atoms with Gasteiger partial charge in [-0.1, -0.05) is 12.2 Å². The molecule has 4 aliphatic rings. The van der Waals surface area contributed by atoms with E-state index in [1.54, 1.807) is 0 Å². The van der Waals surface area contributed by atoms with E-state index < -0.39 is 0 Å². The molecule has 1 aliphatic carbocycles. The first-order chi connectivity index (χ1) is 15.9. The molecule has 0 saturated heterocycles. The zero-order valence-electron chi connectivity index (χ0n) is 17.7. The minimum atomic E-state index is 0.263. The number of nitrogens with zero attached hydrogens (tertiary/aromatic N) is 3. The molecule has 6 heterocycles. The van der Waals surface area contributed by atoms with Gasteiger partial charge < -0.3 is 25.1 Å². The number of aromatic nitrogens is 3. The van der Waals surface area contributed by atoms with Crippen LogP contribution in [0.1, 0.15) is 46.2 Å². The van der Waals surface area contributed by atoms with E-state index in [-0.39, 0.29) is 6.04 Å². The molecule has 3 aromatic rings. The van der Waals surface area contributed by atoms with Gasteiger partial charge in [0.15, 0.2) is 0 Å². The van der Waals surface area contributed by atoms with Crippen molar-refractivity contribution in [3.63, 3.8) is 0 Å². The Morgan fingerprint density at radius 1 is 0.844 bits per heavy atom. The molecule has 0 saturated carbocycles. The predicted molar refractivity (Wildman–Crippen MR) is 129 cm³/mol. The maximum absolute atomic E-state index is 4.40. The molecule has 0 fully saturated rings. The molecule has 1 atom stereocenters. The number of allylic oxidation sites excluding steroid dienone is 4. The number of rotatable bonds is 2. The van der Waals surface area contributed by atoms with Crippen LogP contribution in [0.2, 0.25) is 0 Å². The largest absolute Gasteiger partial charge is 0.387 e. The third kappa shape index (κ3) is 2.43. The number of hydrogen-bond acceptors (Lipinski definition) is 4. The summed E-state index contributed by atoms with van der Waals surface area (Å²) in [7, 11) is 0. The average Bonchev–Trinajstić information content (AvgIpc) is 3.37. The molecule has 6 nitrogen and oxygen atoms in total. The van der Waals surface area contributed by atoms with Crippen LogP contribution in [-0.2, 0) is 19.6 Å². The summed E-state index contributed by atoms with van der Waals surface area (Å²) in [5.74, 6) is 0. The lowest BCUT2D eigenvalue weighted by Crippen LogP contribution is -2.18. The van der Waals surface area contributed by atoms with Crippen molar-refractivity contribution in [1.29, 1.82) is 0 Å². The lowest BCUT2D eigenvalue weighted by atomic mass is 10.0. The summed E-state index contributed by atoms with van der Waals surface area (Å²) in [5.41, 5.74) is 10.6. The van der Waals surface area contributed by atoms with Gasteiger partial charge in [0.2, 0.25) is 0 Å². The van der Waals surface area contributed by atoms with Crippen molar-refractivity contribution in [2.24, 2.45) is 0 Å². The summed E-state index contributed by atoms with van der Waals surface area (Å²) in [6.45, 7) is 2.61. The number of fused-ring (bicyclic) bond motifs is 6. The van der Waals surface area contributed by atoms with Gasteiger partial charge in [-0.15, -0.1) is 0 Å². The molecule has 0 radical (unpaired) electrons. The van der Waals surface area contributed by atoms with Gasteiger partial charge >= 0.3 is 0 Å². The molecule has 158 valence electrons. The Kier molecular flexibility index (Phi) is 3.76. The molecule has 0 bridgehead atoms. The summed E-state index contributed by atoms with van der Waals surface area (Å²) in [6, 6.07) is 2.40. The van der Waals surface area contributed by atoms with Gasteiger partial charge in [0, 0.05) is 77.6 Å². The maximum atomic E-state index is 4.40. The minimum Gasteiger partial charge on any atom is -0.387 e. The van der Waals surface area contributed by atoms with Crippen LogP contribution in [0.15, 0.2) is 55.3 Å². The van der Waals surface area contributed by atoms with Crippen LogP contribution in [0.25, 0.3) is 34.8 Å². The van der Waals surface area contributed by atoms with Crippen LogP contribution in [0.4, 0.5) is 0 Å². The molecule has 0 aromatic carbocycles. The second kappa shape index (κ2) is 6.79. The maximum Gasteiger partial charge on any atom is 0.0580 e. The van der Waals surface area contributed by atoms with Crippen LogP contribution >= 0.6 is 0 Å². The number of nitrogens with one attached hydrogen (secondary N) is 3. The Bertz CT molecular complexity index is 1370. The second-order valence-corrected chi connectivity index (χ2v) is 8.65. The van der Waals surface area contributed by atoms with Gasteiger partial charge in [-0.25, -0.2) is 0 Å². The van der Waals surface area contributed by atoms with Gasteiger partial charge in [-0.05, 0) is 49.0 Å².